The first-order valence-electron chi connectivity index (χ1n) is 6.77. The highest BCUT2D eigenvalue weighted by Crippen LogP contribution is 2.35. The summed E-state index contributed by atoms with van der Waals surface area (Å²) in [7, 11) is 1.69. The van der Waals surface area contributed by atoms with E-state index in [1.807, 2.05) is 12.1 Å². The van der Waals surface area contributed by atoms with Gasteiger partial charge in [0.15, 0.2) is 0 Å². The van der Waals surface area contributed by atoms with Crippen LogP contribution in [0.1, 0.15) is 42.9 Å². The van der Waals surface area contributed by atoms with Crippen LogP contribution in [0, 0.1) is 0 Å². The Labute approximate surface area is 119 Å². The monoisotopic (exact) mass is 281 g/mol. The Bertz CT molecular complexity index is 448. The first-order valence-corrected chi connectivity index (χ1v) is 7.31. The standard InChI is InChI=1S/C15H20ClNO2/c1-19-14-8-3-5-11-12(14)6-2-7-13(11)17-15(18)9-4-10-16/h3,5,8,13H,2,4,6-7,9-10H2,1H3,(H,17,18). The predicted octanol–water partition coefficient (Wildman–Crippen LogP) is 3.21. The molecule has 19 heavy (non-hydrogen) atoms. The maximum Gasteiger partial charge on any atom is 0.220 e. The van der Waals surface area contributed by atoms with Crippen LogP contribution in [0.15, 0.2) is 18.2 Å². The number of halogens is 1. The van der Waals surface area contributed by atoms with Gasteiger partial charge in [-0.15, -0.1) is 11.6 Å². The van der Waals surface area contributed by atoms with Crippen molar-refractivity contribution < 1.29 is 9.53 Å². The van der Waals surface area contributed by atoms with Gasteiger partial charge in [0.1, 0.15) is 5.75 Å². The second kappa shape index (κ2) is 6.80. The lowest BCUT2D eigenvalue weighted by molar-refractivity contribution is -0.121. The molecule has 0 fully saturated rings. The van der Waals surface area contributed by atoms with Crippen LogP contribution in [0.5, 0.6) is 5.75 Å². The Kier molecular flexibility index (Phi) is 5.08. The molecule has 0 saturated heterocycles. The summed E-state index contributed by atoms with van der Waals surface area (Å²) in [5.41, 5.74) is 2.43. The maximum absolute atomic E-state index is 11.8. The van der Waals surface area contributed by atoms with Crippen molar-refractivity contribution >= 4 is 17.5 Å². The lowest BCUT2D eigenvalue weighted by atomic mass is 9.87. The molecule has 1 aliphatic rings. The molecular weight excluding hydrogens is 262 g/mol. The van der Waals surface area contributed by atoms with E-state index in [4.69, 9.17) is 16.3 Å². The number of carbonyl (C=O) groups is 1. The number of hydrogen-bond acceptors (Lipinski definition) is 2. The average molecular weight is 282 g/mol. The molecule has 1 aliphatic carbocycles. The molecule has 104 valence electrons. The quantitative estimate of drug-likeness (QED) is 0.842. The Morgan fingerprint density at radius 2 is 2.37 bits per heavy atom. The van der Waals surface area contributed by atoms with Crippen molar-refractivity contribution in [2.45, 2.75) is 38.1 Å². The summed E-state index contributed by atoms with van der Waals surface area (Å²) in [6, 6.07) is 6.17. The molecule has 2 rings (SSSR count). The van der Waals surface area contributed by atoms with E-state index in [9.17, 15) is 4.79 Å². The van der Waals surface area contributed by atoms with Crippen LogP contribution in [-0.2, 0) is 11.2 Å². The van der Waals surface area contributed by atoms with E-state index in [1.165, 1.54) is 11.1 Å². The Morgan fingerprint density at radius 1 is 1.53 bits per heavy atom. The summed E-state index contributed by atoms with van der Waals surface area (Å²) in [4.78, 5) is 11.8. The molecule has 0 aromatic heterocycles. The molecular formula is C15H20ClNO2. The summed E-state index contributed by atoms with van der Waals surface area (Å²) in [5, 5.41) is 3.11. The van der Waals surface area contributed by atoms with Crippen molar-refractivity contribution in [3.8, 4) is 5.75 Å². The zero-order chi connectivity index (χ0) is 13.7. The van der Waals surface area contributed by atoms with Crippen LogP contribution in [0.3, 0.4) is 0 Å². The molecule has 3 nitrogen and oxygen atoms in total. The molecule has 0 spiro atoms. The van der Waals surface area contributed by atoms with Gasteiger partial charge < -0.3 is 10.1 Å². The van der Waals surface area contributed by atoms with E-state index < -0.39 is 0 Å². The number of benzene rings is 1. The van der Waals surface area contributed by atoms with Crippen molar-refractivity contribution in [3.63, 3.8) is 0 Å². The van der Waals surface area contributed by atoms with Gasteiger partial charge in [-0.2, -0.15) is 0 Å². The molecule has 0 saturated carbocycles. The Balaban J connectivity index is 2.11. The molecule has 1 atom stereocenters. The SMILES string of the molecule is COc1cccc2c1CCCC2NC(=O)CCCCl. The number of amides is 1. The van der Waals surface area contributed by atoms with Crippen molar-refractivity contribution in [2.75, 3.05) is 13.0 Å². The first kappa shape index (κ1) is 14.2. The van der Waals surface area contributed by atoms with E-state index >= 15 is 0 Å². The van der Waals surface area contributed by atoms with Crippen molar-refractivity contribution in [1.29, 1.82) is 0 Å². The van der Waals surface area contributed by atoms with Gasteiger partial charge in [-0.05, 0) is 42.9 Å². The molecule has 1 unspecified atom stereocenters. The van der Waals surface area contributed by atoms with Crippen LogP contribution in [0.2, 0.25) is 0 Å². The third kappa shape index (κ3) is 3.41. The number of rotatable bonds is 5. The fourth-order valence-electron chi connectivity index (χ4n) is 2.65. The number of nitrogens with one attached hydrogen (secondary N) is 1. The summed E-state index contributed by atoms with van der Waals surface area (Å²) in [6.07, 6.45) is 4.32. The van der Waals surface area contributed by atoms with Crippen LogP contribution in [-0.4, -0.2) is 18.9 Å². The molecule has 1 amide bonds. The zero-order valence-electron chi connectivity index (χ0n) is 11.2. The Morgan fingerprint density at radius 3 is 3.11 bits per heavy atom. The highest BCUT2D eigenvalue weighted by molar-refractivity contribution is 6.17. The highest BCUT2D eigenvalue weighted by atomic mass is 35.5. The normalized spacial score (nSPS) is 17.7. The van der Waals surface area contributed by atoms with Gasteiger partial charge in [0.25, 0.3) is 0 Å². The number of ether oxygens (including phenoxy) is 1. The number of hydrogen-bond donors (Lipinski definition) is 1. The molecule has 0 radical (unpaired) electrons. The van der Waals surface area contributed by atoms with Crippen molar-refractivity contribution in [3.05, 3.63) is 29.3 Å². The van der Waals surface area contributed by atoms with E-state index in [0.29, 0.717) is 12.3 Å². The summed E-state index contributed by atoms with van der Waals surface area (Å²) in [6.45, 7) is 0. The van der Waals surface area contributed by atoms with Crippen molar-refractivity contribution in [2.24, 2.45) is 0 Å². The highest BCUT2D eigenvalue weighted by Gasteiger charge is 2.23. The zero-order valence-corrected chi connectivity index (χ0v) is 12.0. The van der Waals surface area contributed by atoms with E-state index in [2.05, 4.69) is 11.4 Å². The van der Waals surface area contributed by atoms with Crippen LogP contribution < -0.4 is 10.1 Å². The minimum atomic E-state index is 0.0846. The summed E-state index contributed by atoms with van der Waals surface area (Å²) < 4.78 is 5.40. The first-order chi connectivity index (χ1) is 9.26. The number of fused-ring (bicyclic) bond motifs is 1. The molecule has 0 heterocycles. The van der Waals surface area contributed by atoms with Gasteiger partial charge in [0, 0.05) is 12.3 Å². The summed E-state index contributed by atoms with van der Waals surface area (Å²) in [5.74, 6) is 1.54. The fourth-order valence-corrected chi connectivity index (χ4v) is 2.78. The van der Waals surface area contributed by atoms with Gasteiger partial charge in [0.05, 0.1) is 13.2 Å². The van der Waals surface area contributed by atoms with Gasteiger partial charge in [-0.1, -0.05) is 12.1 Å². The lowest BCUT2D eigenvalue weighted by Gasteiger charge is -2.27. The number of carbonyl (C=O) groups excluding carboxylic acids is 1. The lowest BCUT2D eigenvalue weighted by Crippen LogP contribution is -2.31. The topological polar surface area (TPSA) is 38.3 Å². The second-order valence-electron chi connectivity index (χ2n) is 4.83. The van der Waals surface area contributed by atoms with Gasteiger partial charge in [-0.3, -0.25) is 4.79 Å². The van der Waals surface area contributed by atoms with E-state index in [-0.39, 0.29) is 11.9 Å². The number of alkyl halides is 1. The van der Waals surface area contributed by atoms with Crippen molar-refractivity contribution in [1.82, 2.24) is 5.32 Å². The molecule has 0 bridgehead atoms. The molecule has 1 aromatic rings. The predicted molar refractivity (Wildman–Crippen MR) is 76.8 cm³/mol. The van der Waals surface area contributed by atoms with Gasteiger partial charge >= 0.3 is 0 Å². The van der Waals surface area contributed by atoms with Crippen LogP contribution in [0.4, 0.5) is 0 Å². The fraction of sp³-hybridized carbons (Fsp3) is 0.533. The van der Waals surface area contributed by atoms with E-state index in [1.54, 1.807) is 7.11 Å². The van der Waals surface area contributed by atoms with Crippen LogP contribution >= 0.6 is 11.6 Å². The Hall–Kier alpha value is -1.22. The average Bonchev–Trinajstić information content (AvgIpc) is 2.45. The molecule has 1 aromatic carbocycles. The smallest absolute Gasteiger partial charge is 0.220 e. The number of methoxy groups -OCH3 is 1. The van der Waals surface area contributed by atoms with Gasteiger partial charge in [0.2, 0.25) is 5.91 Å². The minimum absolute atomic E-state index is 0.0846. The largest absolute Gasteiger partial charge is 0.496 e. The molecule has 1 N–H and O–H groups in total. The second-order valence-corrected chi connectivity index (χ2v) is 5.21. The molecule has 4 heteroatoms. The van der Waals surface area contributed by atoms with Gasteiger partial charge in [-0.25, -0.2) is 0 Å². The maximum atomic E-state index is 11.8. The summed E-state index contributed by atoms with van der Waals surface area (Å²) >= 11 is 5.61. The van der Waals surface area contributed by atoms with Crippen LogP contribution in [0.25, 0.3) is 0 Å². The minimum Gasteiger partial charge on any atom is -0.496 e. The third-order valence-electron chi connectivity index (χ3n) is 3.56. The van der Waals surface area contributed by atoms with E-state index in [0.717, 1.165) is 31.4 Å². The third-order valence-corrected chi connectivity index (χ3v) is 3.82. The molecule has 0 aliphatic heterocycles.